The van der Waals surface area contributed by atoms with Crippen molar-refractivity contribution in [3.8, 4) is 0 Å². The lowest BCUT2D eigenvalue weighted by Gasteiger charge is -2.33. The highest BCUT2D eigenvalue weighted by Crippen LogP contribution is 2.22. The quantitative estimate of drug-likeness (QED) is 0.768. The van der Waals surface area contributed by atoms with Crippen LogP contribution in [0, 0.1) is 11.8 Å². The first-order valence-electron chi connectivity index (χ1n) is 9.01. The van der Waals surface area contributed by atoms with Gasteiger partial charge in [0.05, 0.1) is 17.2 Å². The van der Waals surface area contributed by atoms with Gasteiger partial charge in [0, 0.05) is 25.6 Å². The van der Waals surface area contributed by atoms with E-state index in [1.54, 1.807) is 35.2 Å². The first-order chi connectivity index (χ1) is 12.4. The third kappa shape index (κ3) is 4.94. The second-order valence-corrected chi connectivity index (χ2v) is 6.81. The van der Waals surface area contributed by atoms with Gasteiger partial charge in [-0.15, -0.1) is 6.58 Å². The van der Waals surface area contributed by atoms with E-state index in [1.165, 1.54) is 0 Å². The molecule has 1 aromatic carbocycles. The molecule has 1 saturated heterocycles. The zero-order valence-electron chi connectivity index (χ0n) is 15.5. The maximum Gasteiger partial charge on any atom is 0.253 e. The summed E-state index contributed by atoms with van der Waals surface area (Å²) in [4.78, 5) is 38.9. The van der Waals surface area contributed by atoms with Crippen molar-refractivity contribution in [2.75, 3.05) is 25.0 Å². The van der Waals surface area contributed by atoms with Gasteiger partial charge in [0.15, 0.2) is 0 Å². The number of piperidine rings is 1. The van der Waals surface area contributed by atoms with Crippen LogP contribution in [0.2, 0.25) is 0 Å². The molecule has 1 heterocycles. The van der Waals surface area contributed by atoms with Crippen LogP contribution in [0.4, 0.5) is 5.69 Å². The summed E-state index contributed by atoms with van der Waals surface area (Å²) in [6.45, 7) is 8.78. The molecule has 0 spiro atoms. The number of nitrogens with one attached hydrogen (secondary N) is 2. The van der Waals surface area contributed by atoms with Crippen LogP contribution in [0.1, 0.15) is 37.0 Å². The van der Waals surface area contributed by atoms with Crippen LogP contribution in [0.5, 0.6) is 0 Å². The van der Waals surface area contributed by atoms with Crippen molar-refractivity contribution >= 4 is 23.4 Å². The molecule has 2 N–H and O–H groups in total. The molecule has 26 heavy (non-hydrogen) atoms. The summed E-state index contributed by atoms with van der Waals surface area (Å²) in [5.74, 6) is -0.690. The van der Waals surface area contributed by atoms with Gasteiger partial charge in [-0.1, -0.05) is 32.1 Å². The molecule has 0 bridgehead atoms. The number of hydrogen-bond donors (Lipinski definition) is 2. The monoisotopic (exact) mass is 357 g/mol. The lowest BCUT2D eigenvalue weighted by molar-refractivity contribution is -0.137. The topological polar surface area (TPSA) is 78.5 Å². The summed E-state index contributed by atoms with van der Waals surface area (Å²) in [6, 6.07) is 6.90. The van der Waals surface area contributed by atoms with Crippen molar-refractivity contribution < 1.29 is 14.4 Å². The van der Waals surface area contributed by atoms with E-state index < -0.39 is 0 Å². The molecule has 0 aromatic heterocycles. The zero-order valence-corrected chi connectivity index (χ0v) is 15.5. The predicted octanol–water partition coefficient (Wildman–Crippen LogP) is 2.44. The smallest absolute Gasteiger partial charge is 0.253 e. The Morgan fingerprint density at radius 3 is 2.73 bits per heavy atom. The predicted molar refractivity (Wildman–Crippen MR) is 102 cm³/mol. The molecule has 1 atom stereocenters. The van der Waals surface area contributed by atoms with E-state index in [4.69, 9.17) is 0 Å². The van der Waals surface area contributed by atoms with E-state index in [0.717, 1.165) is 12.8 Å². The highest BCUT2D eigenvalue weighted by molar-refractivity contribution is 6.04. The van der Waals surface area contributed by atoms with E-state index in [-0.39, 0.29) is 29.6 Å². The van der Waals surface area contributed by atoms with Crippen molar-refractivity contribution in [2.45, 2.75) is 26.7 Å². The van der Waals surface area contributed by atoms with E-state index in [1.807, 2.05) is 13.8 Å². The van der Waals surface area contributed by atoms with Gasteiger partial charge in [0.1, 0.15) is 0 Å². The maximum atomic E-state index is 12.7. The fraction of sp³-hybridized carbons (Fsp3) is 0.450. The van der Waals surface area contributed by atoms with Gasteiger partial charge in [0.25, 0.3) is 5.91 Å². The molecule has 1 aromatic rings. The molecule has 1 aliphatic rings. The van der Waals surface area contributed by atoms with Gasteiger partial charge in [-0.05, 0) is 25.0 Å². The van der Waals surface area contributed by atoms with E-state index in [2.05, 4.69) is 17.2 Å². The van der Waals surface area contributed by atoms with E-state index in [0.29, 0.717) is 30.9 Å². The Bertz CT molecular complexity index is 685. The van der Waals surface area contributed by atoms with Gasteiger partial charge < -0.3 is 15.5 Å². The highest BCUT2D eigenvalue weighted by Gasteiger charge is 2.29. The van der Waals surface area contributed by atoms with Crippen LogP contribution >= 0.6 is 0 Å². The Labute approximate surface area is 154 Å². The fourth-order valence-electron chi connectivity index (χ4n) is 3.04. The summed E-state index contributed by atoms with van der Waals surface area (Å²) in [6.07, 6.45) is 3.14. The second kappa shape index (κ2) is 9.17. The first kappa shape index (κ1) is 19.7. The Kier molecular flexibility index (Phi) is 6.95. The van der Waals surface area contributed by atoms with Gasteiger partial charge in [-0.2, -0.15) is 0 Å². The number of anilines is 1. The van der Waals surface area contributed by atoms with Gasteiger partial charge in [-0.25, -0.2) is 0 Å². The summed E-state index contributed by atoms with van der Waals surface area (Å²) >= 11 is 0. The third-order valence-electron chi connectivity index (χ3n) is 4.43. The number of rotatable bonds is 6. The molecular weight excluding hydrogens is 330 g/mol. The van der Waals surface area contributed by atoms with Crippen molar-refractivity contribution in [3.63, 3.8) is 0 Å². The van der Waals surface area contributed by atoms with E-state index in [9.17, 15) is 14.4 Å². The lowest BCUT2D eigenvalue weighted by Crippen LogP contribution is -2.45. The molecule has 6 nitrogen and oxygen atoms in total. The Hall–Kier alpha value is -2.63. The standard InChI is InChI=1S/C20H27N3O3/c1-4-11-21-19(25)16-9-5-6-10-17(16)22-18(24)15-8-7-12-23(13-15)20(26)14(2)3/h4-6,9-10,14-15H,1,7-8,11-13H2,2-3H3,(H,21,25)(H,22,24)/t15-/m0/s1. The first-order valence-corrected chi connectivity index (χ1v) is 9.01. The molecule has 0 aliphatic carbocycles. The van der Waals surface area contributed by atoms with Crippen LogP contribution in [0.3, 0.4) is 0 Å². The van der Waals surface area contributed by atoms with Gasteiger partial charge in [-0.3, -0.25) is 14.4 Å². The van der Waals surface area contributed by atoms with Crippen molar-refractivity contribution in [2.24, 2.45) is 11.8 Å². The molecule has 2 rings (SSSR count). The number of nitrogens with zero attached hydrogens (tertiary/aromatic N) is 1. The summed E-state index contributed by atoms with van der Waals surface area (Å²) in [5, 5.41) is 5.58. The molecule has 6 heteroatoms. The minimum absolute atomic E-state index is 0.0757. The number of para-hydroxylation sites is 1. The van der Waals surface area contributed by atoms with Crippen LogP contribution in [0.15, 0.2) is 36.9 Å². The van der Waals surface area contributed by atoms with Crippen molar-refractivity contribution in [3.05, 3.63) is 42.5 Å². The Morgan fingerprint density at radius 2 is 2.04 bits per heavy atom. The Morgan fingerprint density at radius 1 is 1.31 bits per heavy atom. The minimum atomic E-state index is -0.268. The number of carbonyl (C=O) groups is 3. The fourth-order valence-corrected chi connectivity index (χ4v) is 3.04. The maximum absolute atomic E-state index is 12.7. The van der Waals surface area contributed by atoms with Gasteiger partial charge >= 0.3 is 0 Å². The van der Waals surface area contributed by atoms with Crippen LogP contribution in [-0.2, 0) is 9.59 Å². The molecule has 0 unspecified atom stereocenters. The molecular formula is C20H27N3O3. The molecule has 0 saturated carbocycles. The largest absolute Gasteiger partial charge is 0.349 e. The summed E-state index contributed by atoms with van der Waals surface area (Å²) in [7, 11) is 0. The minimum Gasteiger partial charge on any atom is -0.349 e. The molecule has 1 aliphatic heterocycles. The van der Waals surface area contributed by atoms with E-state index >= 15 is 0 Å². The summed E-state index contributed by atoms with van der Waals surface area (Å²) in [5.41, 5.74) is 0.889. The van der Waals surface area contributed by atoms with Gasteiger partial charge in [0.2, 0.25) is 11.8 Å². The van der Waals surface area contributed by atoms with Crippen LogP contribution < -0.4 is 10.6 Å². The van der Waals surface area contributed by atoms with Crippen LogP contribution in [-0.4, -0.2) is 42.3 Å². The number of likely N-dealkylation sites (tertiary alicyclic amines) is 1. The SMILES string of the molecule is C=CCNC(=O)c1ccccc1NC(=O)[C@H]1CCCN(C(=O)C(C)C)C1. The summed E-state index contributed by atoms with van der Waals surface area (Å²) < 4.78 is 0. The molecule has 140 valence electrons. The molecule has 1 fully saturated rings. The number of benzene rings is 1. The van der Waals surface area contributed by atoms with Crippen molar-refractivity contribution in [1.82, 2.24) is 10.2 Å². The van der Waals surface area contributed by atoms with Crippen molar-refractivity contribution in [1.29, 1.82) is 0 Å². The zero-order chi connectivity index (χ0) is 19.1. The lowest BCUT2D eigenvalue weighted by atomic mass is 9.96. The van der Waals surface area contributed by atoms with Crippen LogP contribution in [0.25, 0.3) is 0 Å². The average molecular weight is 357 g/mol. The molecule has 0 radical (unpaired) electrons. The number of hydrogen-bond acceptors (Lipinski definition) is 3. The Balaban J connectivity index is 2.06. The highest BCUT2D eigenvalue weighted by atomic mass is 16.2. The molecule has 3 amide bonds. The normalized spacial score (nSPS) is 16.9. The number of amides is 3. The third-order valence-corrected chi connectivity index (χ3v) is 4.43. The second-order valence-electron chi connectivity index (χ2n) is 6.81. The average Bonchev–Trinajstić information content (AvgIpc) is 2.65. The number of carbonyl (C=O) groups excluding carboxylic acids is 3.